The fourth-order valence-corrected chi connectivity index (χ4v) is 2.74. The van der Waals surface area contributed by atoms with Crippen molar-refractivity contribution < 1.29 is 9.53 Å². The Balaban J connectivity index is 1.97. The van der Waals surface area contributed by atoms with Gasteiger partial charge in [-0.25, -0.2) is 0 Å². The number of H-pyrrole nitrogens is 1. The van der Waals surface area contributed by atoms with Crippen molar-refractivity contribution >= 4 is 16.7 Å². The summed E-state index contributed by atoms with van der Waals surface area (Å²) in [5.41, 5.74) is 1.72. The van der Waals surface area contributed by atoms with E-state index in [1.54, 1.807) is 7.11 Å². The Labute approximate surface area is 126 Å². The molecule has 3 nitrogen and oxygen atoms in total. The van der Waals surface area contributed by atoms with Crippen LogP contribution in [-0.4, -0.2) is 17.9 Å². The van der Waals surface area contributed by atoms with E-state index in [-0.39, 0.29) is 5.78 Å². The van der Waals surface area contributed by atoms with Crippen molar-refractivity contribution in [2.75, 3.05) is 7.11 Å². The summed E-state index contributed by atoms with van der Waals surface area (Å²) in [6.45, 7) is 2.22. The Morgan fingerprint density at radius 2 is 1.90 bits per heavy atom. The third-order valence-electron chi connectivity index (χ3n) is 3.95. The van der Waals surface area contributed by atoms with Crippen LogP contribution in [0.4, 0.5) is 0 Å². The summed E-state index contributed by atoms with van der Waals surface area (Å²) in [6.07, 6.45) is 9.63. The molecular weight excluding hydrogens is 262 g/mol. The molecule has 0 aliphatic heterocycles. The van der Waals surface area contributed by atoms with Gasteiger partial charge >= 0.3 is 0 Å². The lowest BCUT2D eigenvalue weighted by Gasteiger charge is -2.04. The third-order valence-corrected chi connectivity index (χ3v) is 3.95. The van der Waals surface area contributed by atoms with Gasteiger partial charge in [0.05, 0.1) is 12.5 Å². The van der Waals surface area contributed by atoms with Crippen molar-refractivity contribution in [3.05, 3.63) is 30.0 Å². The van der Waals surface area contributed by atoms with Gasteiger partial charge in [-0.3, -0.25) is 4.79 Å². The smallest absolute Gasteiger partial charge is 0.165 e. The monoisotopic (exact) mass is 287 g/mol. The average Bonchev–Trinajstić information content (AvgIpc) is 2.94. The van der Waals surface area contributed by atoms with Crippen LogP contribution in [0, 0.1) is 0 Å². The maximum absolute atomic E-state index is 12.4. The van der Waals surface area contributed by atoms with Gasteiger partial charge in [0, 0.05) is 23.7 Å². The summed E-state index contributed by atoms with van der Waals surface area (Å²) in [4.78, 5) is 15.6. The highest BCUT2D eigenvalue weighted by Gasteiger charge is 2.15. The molecule has 3 heteroatoms. The lowest BCUT2D eigenvalue weighted by Crippen LogP contribution is -1.98. The summed E-state index contributed by atoms with van der Waals surface area (Å²) in [5.74, 6) is 0.973. The van der Waals surface area contributed by atoms with E-state index in [9.17, 15) is 4.79 Å². The van der Waals surface area contributed by atoms with Crippen molar-refractivity contribution in [1.82, 2.24) is 4.98 Å². The molecule has 0 saturated heterocycles. The number of methoxy groups -OCH3 is 1. The zero-order chi connectivity index (χ0) is 15.1. The van der Waals surface area contributed by atoms with Gasteiger partial charge in [0.2, 0.25) is 0 Å². The lowest BCUT2D eigenvalue weighted by atomic mass is 10.0. The van der Waals surface area contributed by atoms with E-state index in [0.29, 0.717) is 6.42 Å². The topological polar surface area (TPSA) is 42.1 Å². The highest BCUT2D eigenvalue weighted by molar-refractivity contribution is 6.09. The number of benzene rings is 1. The lowest BCUT2D eigenvalue weighted by molar-refractivity contribution is 0.0980. The minimum absolute atomic E-state index is 0.209. The zero-order valence-corrected chi connectivity index (χ0v) is 13.1. The summed E-state index contributed by atoms with van der Waals surface area (Å²) >= 11 is 0. The Hall–Kier alpha value is -1.77. The molecule has 0 unspecified atom stereocenters. The van der Waals surface area contributed by atoms with Crippen LogP contribution in [0.1, 0.15) is 62.2 Å². The van der Waals surface area contributed by atoms with Gasteiger partial charge in [0.15, 0.2) is 5.78 Å². The fourth-order valence-electron chi connectivity index (χ4n) is 2.74. The first-order chi connectivity index (χ1) is 10.3. The largest absolute Gasteiger partial charge is 0.496 e. The minimum atomic E-state index is 0.209. The van der Waals surface area contributed by atoms with Gasteiger partial charge in [0.25, 0.3) is 0 Å². The van der Waals surface area contributed by atoms with Crippen LogP contribution in [0.5, 0.6) is 5.75 Å². The van der Waals surface area contributed by atoms with Gasteiger partial charge < -0.3 is 9.72 Å². The second-order valence-electron chi connectivity index (χ2n) is 5.53. The molecule has 1 heterocycles. The van der Waals surface area contributed by atoms with E-state index in [4.69, 9.17) is 4.74 Å². The number of ether oxygens (including phenoxy) is 1. The quantitative estimate of drug-likeness (QED) is 0.514. The maximum Gasteiger partial charge on any atom is 0.165 e. The van der Waals surface area contributed by atoms with Gasteiger partial charge in [-0.05, 0) is 18.6 Å². The molecule has 114 valence electrons. The van der Waals surface area contributed by atoms with Gasteiger partial charge in [-0.2, -0.15) is 0 Å². The first kappa shape index (κ1) is 15.6. The number of aromatic nitrogens is 1. The van der Waals surface area contributed by atoms with Crippen molar-refractivity contribution in [2.45, 2.75) is 51.9 Å². The molecule has 0 atom stereocenters. The summed E-state index contributed by atoms with van der Waals surface area (Å²) in [5, 5.41) is 0.913. The van der Waals surface area contributed by atoms with Gasteiger partial charge in [-0.1, -0.05) is 45.1 Å². The zero-order valence-electron chi connectivity index (χ0n) is 13.1. The van der Waals surface area contributed by atoms with Crippen molar-refractivity contribution in [1.29, 1.82) is 0 Å². The second kappa shape index (κ2) is 7.87. The summed E-state index contributed by atoms with van der Waals surface area (Å²) in [7, 11) is 1.64. The summed E-state index contributed by atoms with van der Waals surface area (Å²) in [6, 6.07) is 5.80. The van der Waals surface area contributed by atoms with Crippen LogP contribution in [0.25, 0.3) is 10.9 Å². The van der Waals surface area contributed by atoms with Crippen molar-refractivity contribution in [2.24, 2.45) is 0 Å². The molecule has 0 amide bonds. The normalized spacial score (nSPS) is 11.0. The second-order valence-corrected chi connectivity index (χ2v) is 5.53. The standard InChI is InChI=1S/C18H25NO2/c1-3-4-5-6-7-8-11-16(20)14-13-19-15-10-9-12-17(21-2)18(14)15/h9-10,12-13,19H,3-8,11H2,1-2H3. The van der Waals surface area contributed by atoms with Crippen LogP contribution in [0.2, 0.25) is 0 Å². The van der Waals surface area contributed by atoms with E-state index in [0.717, 1.165) is 35.1 Å². The Bertz CT molecular complexity index is 586. The number of unbranched alkanes of at least 4 members (excludes halogenated alkanes) is 5. The van der Waals surface area contributed by atoms with Crippen LogP contribution in [0.15, 0.2) is 24.4 Å². The number of carbonyl (C=O) groups excluding carboxylic acids is 1. The van der Waals surface area contributed by atoms with Gasteiger partial charge in [-0.15, -0.1) is 0 Å². The number of nitrogens with one attached hydrogen (secondary N) is 1. The Morgan fingerprint density at radius 1 is 1.14 bits per heavy atom. The molecule has 0 radical (unpaired) electrons. The number of hydrogen-bond donors (Lipinski definition) is 1. The van der Waals surface area contributed by atoms with Crippen LogP contribution < -0.4 is 4.74 Å². The Morgan fingerprint density at radius 3 is 2.67 bits per heavy atom. The SMILES string of the molecule is CCCCCCCCC(=O)c1c[nH]c2cccc(OC)c12. The Kier molecular flexibility index (Phi) is 5.85. The number of fused-ring (bicyclic) bond motifs is 1. The molecule has 0 aliphatic rings. The molecule has 0 fully saturated rings. The molecule has 0 aliphatic carbocycles. The fraction of sp³-hybridized carbons (Fsp3) is 0.500. The predicted octanol–water partition coefficient (Wildman–Crippen LogP) is 5.11. The highest BCUT2D eigenvalue weighted by Crippen LogP contribution is 2.29. The summed E-state index contributed by atoms with van der Waals surface area (Å²) < 4.78 is 5.37. The molecule has 1 aromatic heterocycles. The molecule has 2 rings (SSSR count). The number of aromatic amines is 1. The molecule has 0 spiro atoms. The first-order valence-electron chi connectivity index (χ1n) is 7.95. The maximum atomic E-state index is 12.4. The molecular formula is C18H25NO2. The highest BCUT2D eigenvalue weighted by atomic mass is 16.5. The van der Waals surface area contributed by atoms with Crippen LogP contribution >= 0.6 is 0 Å². The molecule has 0 bridgehead atoms. The molecule has 2 aromatic rings. The number of hydrogen-bond acceptors (Lipinski definition) is 2. The van der Waals surface area contributed by atoms with E-state index in [1.807, 2.05) is 24.4 Å². The van der Waals surface area contributed by atoms with Crippen molar-refractivity contribution in [3.63, 3.8) is 0 Å². The average molecular weight is 287 g/mol. The van der Waals surface area contributed by atoms with E-state index >= 15 is 0 Å². The van der Waals surface area contributed by atoms with E-state index in [2.05, 4.69) is 11.9 Å². The van der Waals surface area contributed by atoms with E-state index in [1.165, 1.54) is 25.7 Å². The number of rotatable bonds is 9. The first-order valence-corrected chi connectivity index (χ1v) is 7.95. The van der Waals surface area contributed by atoms with Crippen molar-refractivity contribution in [3.8, 4) is 5.75 Å². The molecule has 1 N–H and O–H groups in total. The van der Waals surface area contributed by atoms with E-state index < -0.39 is 0 Å². The van der Waals surface area contributed by atoms with Gasteiger partial charge in [0.1, 0.15) is 5.75 Å². The van der Waals surface area contributed by atoms with Crippen LogP contribution in [0.3, 0.4) is 0 Å². The molecule has 1 aromatic carbocycles. The third kappa shape index (κ3) is 3.87. The molecule has 0 saturated carbocycles. The number of Topliss-reactive ketones (excluding diaryl/α,β-unsaturated/α-hetero) is 1. The minimum Gasteiger partial charge on any atom is -0.496 e. The predicted molar refractivity (Wildman–Crippen MR) is 87.2 cm³/mol. The van der Waals surface area contributed by atoms with Crippen LogP contribution in [-0.2, 0) is 0 Å². The molecule has 21 heavy (non-hydrogen) atoms. The number of ketones is 1. The number of carbonyl (C=O) groups is 1.